The highest BCUT2D eigenvalue weighted by Gasteiger charge is 2.20. The van der Waals surface area contributed by atoms with Crippen molar-refractivity contribution in [2.24, 2.45) is 0 Å². The summed E-state index contributed by atoms with van der Waals surface area (Å²) in [5, 5.41) is 10.2. The summed E-state index contributed by atoms with van der Waals surface area (Å²) in [7, 11) is 0. The molecule has 0 bridgehead atoms. The number of furan rings is 1. The maximum Gasteiger partial charge on any atom is 0.134 e. The Morgan fingerprint density at radius 2 is 2.11 bits per heavy atom. The van der Waals surface area contributed by atoms with Gasteiger partial charge >= 0.3 is 0 Å². The van der Waals surface area contributed by atoms with Crippen LogP contribution in [0.4, 0.5) is 5.69 Å². The number of para-hydroxylation sites is 1. The molecule has 0 aliphatic carbocycles. The van der Waals surface area contributed by atoms with E-state index in [4.69, 9.17) is 4.42 Å². The summed E-state index contributed by atoms with van der Waals surface area (Å²) in [6, 6.07) is 12.1. The molecule has 1 unspecified atom stereocenters. The van der Waals surface area contributed by atoms with E-state index in [1.54, 1.807) is 6.26 Å². The van der Waals surface area contributed by atoms with Gasteiger partial charge in [-0.3, -0.25) is 0 Å². The fourth-order valence-corrected chi connectivity index (χ4v) is 2.58. The summed E-state index contributed by atoms with van der Waals surface area (Å²) in [4.78, 5) is 2.24. The lowest BCUT2D eigenvalue weighted by atomic mass is 10.0. The maximum atomic E-state index is 10.2. The molecule has 3 rings (SSSR count). The van der Waals surface area contributed by atoms with Crippen molar-refractivity contribution in [3.8, 4) is 0 Å². The third kappa shape index (κ3) is 2.14. The first-order valence-electron chi connectivity index (χ1n) is 6.39. The molecule has 2 heterocycles. The summed E-state index contributed by atoms with van der Waals surface area (Å²) in [5.41, 5.74) is 2.62. The van der Waals surface area contributed by atoms with Crippen molar-refractivity contribution in [3.05, 3.63) is 54.0 Å². The number of fused-ring (bicyclic) bond motifs is 1. The Morgan fingerprint density at radius 3 is 2.94 bits per heavy atom. The molecule has 18 heavy (non-hydrogen) atoms. The summed E-state index contributed by atoms with van der Waals surface area (Å²) in [5.74, 6) is 0.637. The van der Waals surface area contributed by atoms with Crippen LogP contribution in [0.15, 0.2) is 47.1 Å². The number of rotatable bonds is 3. The highest BCUT2D eigenvalue weighted by atomic mass is 16.4. The SMILES string of the molecule is OC(CN1CCCc2ccccc21)c1ccco1. The van der Waals surface area contributed by atoms with Gasteiger partial charge in [0.1, 0.15) is 11.9 Å². The van der Waals surface area contributed by atoms with E-state index in [1.807, 2.05) is 12.1 Å². The van der Waals surface area contributed by atoms with Crippen molar-refractivity contribution in [2.45, 2.75) is 18.9 Å². The zero-order valence-corrected chi connectivity index (χ0v) is 10.2. The van der Waals surface area contributed by atoms with Crippen molar-refractivity contribution >= 4 is 5.69 Å². The van der Waals surface area contributed by atoms with E-state index < -0.39 is 6.10 Å². The quantitative estimate of drug-likeness (QED) is 0.900. The Bertz CT molecular complexity index is 507. The number of β-amino-alcohol motifs (C(OH)–C–C–N with tert-alkyl or cyclic N) is 1. The Balaban J connectivity index is 1.78. The molecule has 2 aromatic rings. The van der Waals surface area contributed by atoms with Crippen LogP contribution < -0.4 is 4.90 Å². The average molecular weight is 243 g/mol. The standard InChI is InChI=1S/C15H17NO2/c17-14(15-8-4-10-18-15)11-16-9-3-6-12-5-1-2-7-13(12)16/h1-2,4-5,7-8,10,14,17H,3,6,9,11H2. The van der Waals surface area contributed by atoms with Gasteiger partial charge in [-0.2, -0.15) is 0 Å². The Hall–Kier alpha value is -1.74. The first-order chi connectivity index (χ1) is 8.84. The van der Waals surface area contributed by atoms with Crippen LogP contribution in [0.2, 0.25) is 0 Å². The lowest BCUT2D eigenvalue weighted by molar-refractivity contribution is 0.154. The number of hydrogen-bond donors (Lipinski definition) is 1. The second kappa shape index (κ2) is 4.86. The summed E-state index contributed by atoms with van der Waals surface area (Å²) in [6.45, 7) is 1.58. The minimum atomic E-state index is -0.564. The van der Waals surface area contributed by atoms with E-state index in [0.717, 1.165) is 19.4 Å². The zero-order chi connectivity index (χ0) is 12.4. The number of aliphatic hydroxyl groups is 1. The molecule has 3 heteroatoms. The van der Waals surface area contributed by atoms with E-state index in [2.05, 4.69) is 29.2 Å². The van der Waals surface area contributed by atoms with Crippen molar-refractivity contribution in [1.29, 1.82) is 0 Å². The van der Waals surface area contributed by atoms with Gasteiger partial charge in [-0.25, -0.2) is 0 Å². The molecule has 1 aromatic heterocycles. The van der Waals surface area contributed by atoms with Gasteiger partial charge in [0.05, 0.1) is 12.8 Å². The van der Waals surface area contributed by atoms with Gasteiger partial charge < -0.3 is 14.4 Å². The van der Waals surface area contributed by atoms with E-state index in [0.29, 0.717) is 12.3 Å². The normalized spacial score (nSPS) is 16.4. The van der Waals surface area contributed by atoms with Gasteiger partial charge in [-0.15, -0.1) is 0 Å². The molecule has 1 aliphatic heterocycles. The van der Waals surface area contributed by atoms with Gasteiger partial charge in [0.15, 0.2) is 0 Å². The van der Waals surface area contributed by atoms with Gasteiger partial charge in [0.25, 0.3) is 0 Å². The van der Waals surface area contributed by atoms with Crippen LogP contribution in [0.1, 0.15) is 23.8 Å². The van der Waals surface area contributed by atoms with Crippen LogP contribution in [0, 0.1) is 0 Å². The molecule has 1 aromatic carbocycles. The molecule has 0 saturated carbocycles. The van der Waals surface area contributed by atoms with Gasteiger partial charge in [0, 0.05) is 12.2 Å². The third-order valence-electron chi connectivity index (χ3n) is 3.47. The van der Waals surface area contributed by atoms with Gasteiger partial charge in [-0.05, 0) is 36.6 Å². The van der Waals surface area contributed by atoms with E-state index in [1.165, 1.54) is 11.3 Å². The topological polar surface area (TPSA) is 36.6 Å². The molecule has 1 N–H and O–H groups in total. The van der Waals surface area contributed by atoms with E-state index in [9.17, 15) is 5.11 Å². The van der Waals surface area contributed by atoms with Crippen LogP contribution >= 0.6 is 0 Å². The summed E-state index contributed by atoms with van der Waals surface area (Å²) < 4.78 is 5.25. The predicted molar refractivity (Wildman–Crippen MR) is 70.6 cm³/mol. The smallest absolute Gasteiger partial charge is 0.134 e. The zero-order valence-electron chi connectivity index (χ0n) is 10.2. The van der Waals surface area contributed by atoms with E-state index >= 15 is 0 Å². The Kier molecular flexibility index (Phi) is 3.07. The van der Waals surface area contributed by atoms with Crippen LogP contribution in [0.5, 0.6) is 0 Å². The van der Waals surface area contributed by atoms with Crippen molar-refractivity contribution in [3.63, 3.8) is 0 Å². The molecule has 0 fully saturated rings. The first-order valence-corrected chi connectivity index (χ1v) is 6.39. The first kappa shape index (κ1) is 11.4. The largest absolute Gasteiger partial charge is 0.467 e. The lowest BCUT2D eigenvalue weighted by Gasteiger charge is -2.32. The fourth-order valence-electron chi connectivity index (χ4n) is 2.58. The van der Waals surface area contributed by atoms with Crippen LogP contribution in [-0.2, 0) is 6.42 Å². The molecule has 0 radical (unpaired) electrons. The second-order valence-electron chi connectivity index (χ2n) is 4.71. The van der Waals surface area contributed by atoms with Crippen LogP contribution in [-0.4, -0.2) is 18.2 Å². The number of aryl methyl sites for hydroxylation is 1. The fraction of sp³-hybridized carbons (Fsp3) is 0.333. The Morgan fingerprint density at radius 1 is 1.22 bits per heavy atom. The summed E-state index contributed by atoms with van der Waals surface area (Å²) in [6.07, 6.45) is 3.31. The number of anilines is 1. The molecule has 3 nitrogen and oxygen atoms in total. The Labute approximate surface area is 107 Å². The molecule has 0 spiro atoms. The monoisotopic (exact) mass is 243 g/mol. The third-order valence-corrected chi connectivity index (χ3v) is 3.47. The van der Waals surface area contributed by atoms with Crippen molar-refractivity contribution in [1.82, 2.24) is 0 Å². The molecule has 0 amide bonds. The van der Waals surface area contributed by atoms with Gasteiger partial charge in [0.2, 0.25) is 0 Å². The number of benzene rings is 1. The van der Waals surface area contributed by atoms with Gasteiger partial charge in [-0.1, -0.05) is 18.2 Å². The average Bonchev–Trinajstić information content (AvgIpc) is 2.93. The summed E-state index contributed by atoms with van der Waals surface area (Å²) >= 11 is 0. The number of hydrogen-bond acceptors (Lipinski definition) is 3. The minimum Gasteiger partial charge on any atom is -0.467 e. The molecule has 1 atom stereocenters. The lowest BCUT2D eigenvalue weighted by Crippen LogP contribution is -2.33. The molecular weight excluding hydrogens is 226 g/mol. The highest BCUT2D eigenvalue weighted by molar-refractivity contribution is 5.55. The van der Waals surface area contributed by atoms with Crippen LogP contribution in [0.25, 0.3) is 0 Å². The molecule has 1 aliphatic rings. The van der Waals surface area contributed by atoms with Crippen molar-refractivity contribution in [2.75, 3.05) is 18.0 Å². The van der Waals surface area contributed by atoms with E-state index in [-0.39, 0.29) is 0 Å². The minimum absolute atomic E-state index is 0.564. The molecule has 0 saturated heterocycles. The maximum absolute atomic E-state index is 10.2. The molecular formula is C15H17NO2. The molecule has 94 valence electrons. The van der Waals surface area contributed by atoms with Crippen LogP contribution in [0.3, 0.4) is 0 Å². The number of aliphatic hydroxyl groups excluding tert-OH is 1. The number of nitrogens with zero attached hydrogens (tertiary/aromatic N) is 1. The highest BCUT2D eigenvalue weighted by Crippen LogP contribution is 2.28. The second-order valence-corrected chi connectivity index (χ2v) is 4.71. The predicted octanol–water partition coefficient (Wildman–Crippen LogP) is 2.77. The van der Waals surface area contributed by atoms with Crippen molar-refractivity contribution < 1.29 is 9.52 Å².